The second-order valence-electron chi connectivity index (χ2n) is 10.2. The Kier molecular flexibility index (Phi) is 7.17. The molecule has 6 nitrogen and oxygen atoms in total. The molecule has 3 unspecified atom stereocenters. The number of hydrogen-bond acceptors (Lipinski definition) is 4. The minimum Gasteiger partial charge on any atom is -0.497 e. The van der Waals surface area contributed by atoms with Gasteiger partial charge < -0.3 is 19.9 Å². The second-order valence-corrected chi connectivity index (χ2v) is 10.2. The van der Waals surface area contributed by atoms with Crippen LogP contribution in [-0.4, -0.2) is 30.6 Å². The monoisotopic (exact) mass is 499 g/mol. The summed E-state index contributed by atoms with van der Waals surface area (Å²) in [5.41, 5.74) is 4.12. The van der Waals surface area contributed by atoms with Gasteiger partial charge >= 0.3 is 5.97 Å². The van der Waals surface area contributed by atoms with Gasteiger partial charge in [0, 0.05) is 17.5 Å². The van der Waals surface area contributed by atoms with Crippen LogP contribution in [0.1, 0.15) is 59.2 Å². The molecule has 2 bridgehead atoms. The largest absolute Gasteiger partial charge is 0.497 e. The summed E-state index contributed by atoms with van der Waals surface area (Å²) in [5.74, 6) is 1.82. The SMILES string of the molecule is COc1ccc(COc2ccc(C3(c4ccc(C(=O)NCCC(=O)O)cc4)CC4CCC3C4)cc2)cc1. The summed E-state index contributed by atoms with van der Waals surface area (Å²) < 4.78 is 11.3. The highest BCUT2D eigenvalue weighted by Gasteiger charge is 2.52. The molecule has 37 heavy (non-hydrogen) atoms. The Labute approximate surface area is 217 Å². The quantitative estimate of drug-likeness (QED) is 0.380. The van der Waals surface area contributed by atoms with Crippen molar-refractivity contribution >= 4 is 11.9 Å². The molecule has 0 saturated heterocycles. The highest BCUT2D eigenvalue weighted by Crippen LogP contribution is 2.60. The third-order valence-corrected chi connectivity index (χ3v) is 8.07. The maximum atomic E-state index is 12.4. The molecule has 0 heterocycles. The van der Waals surface area contributed by atoms with E-state index < -0.39 is 5.97 Å². The van der Waals surface area contributed by atoms with Crippen molar-refractivity contribution in [1.29, 1.82) is 0 Å². The average molecular weight is 500 g/mol. The van der Waals surface area contributed by atoms with Gasteiger partial charge in [0.05, 0.1) is 13.5 Å². The normalized spacial score (nSPS) is 22.0. The maximum Gasteiger partial charge on any atom is 0.305 e. The molecule has 6 heteroatoms. The van der Waals surface area contributed by atoms with Crippen molar-refractivity contribution < 1.29 is 24.2 Å². The standard InChI is InChI=1S/C31H33NO5/c1-36-27-12-3-21(4-13-27)20-37-28-14-10-25(11-15-28)31(19-22-2-7-26(31)18-22)24-8-5-23(6-9-24)30(35)32-17-16-29(33)34/h3-6,8-15,22,26H,2,7,16-20H2,1H3,(H,32,35)(H,33,34). The van der Waals surface area contributed by atoms with Crippen LogP contribution in [-0.2, 0) is 16.8 Å². The number of rotatable bonds is 10. The van der Waals surface area contributed by atoms with E-state index in [9.17, 15) is 9.59 Å². The Hall–Kier alpha value is -3.80. The lowest BCUT2D eigenvalue weighted by atomic mass is 9.64. The first-order chi connectivity index (χ1) is 18.0. The molecule has 0 aromatic heterocycles. The molecule has 2 aliphatic carbocycles. The van der Waals surface area contributed by atoms with Crippen molar-refractivity contribution in [3.8, 4) is 11.5 Å². The lowest BCUT2D eigenvalue weighted by Gasteiger charge is -2.39. The number of hydrogen-bond donors (Lipinski definition) is 2. The summed E-state index contributed by atoms with van der Waals surface area (Å²) in [6.45, 7) is 0.617. The third-order valence-electron chi connectivity index (χ3n) is 8.07. The van der Waals surface area contributed by atoms with E-state index in [1.54, 1.807) is 7.11 Å². The smallest absolute Gasteiger partial charge is 0.305 e. The molecule has 3 aromatic rings. The average Bonchev–Trinajstić information content (AvgIpc) is 3.55. The number of amides is 1. The Morgan fingerprint density at radius 1 is 0.919 bits per heavy atom. The van der Waals surface area contributed by atoms with Crippen LogP contribution in [0.15, 0.2) is 72.8 Å². The number of carboxylic acid groups (broad SMARTS) is 1. The van der Waals surface area contributed by atoms with E-state index >= 15 is 0 Å². The highest BCUT2D eigenvalue weighted by molar-refractivity contribution is 5.94. The van der Waals surface area contributed by atoms with Gasteiger partial charge in [0.1, 0.15) is 18.1 Å². The Bertz CT molecular complexity index is 1240. The molecular weight excluding hydrogens is 466 g/mol. The number of carboxylic acids is 1. The zero-order valence-corrected chi connectivity index (χ0v) is 21.1. The zero-order valence-electron chi connectivity index (χ0n) is 21.1. The minimum absolute atomic E-state index is 0.0598. The van der Waals surface area contributed by atoms with E-state index in [0.717, 1.165) is 29.4 Å². The number of fused-ring (bicyclic) bond motifs is 2. The summed E-state index contributed by atoms with van der Waals surface area (Å²) in [5, 5.41) is 11.5. The van der Waals surface area contributed by atoms with E-state index in [0.29, 0.717) is 18.1 Å². The summed E-state index contributed by atoms with van der Waals surface area (Å²) in [4.78, 5) is 23.2. The van der Waals surface area contributed by atoms with Crippen LogP contribution in [0.3, 0.4) is 0 Å². The van der Waals surface area contributed by atoms with Gasteiger partial charge in [-0.3, -0.25) is 9.59 Å². The van der Waals surface area contributed by atoms with Crippen molar-refractivity contribution in [1.82, 2.24) is 5.32 Å². The van der Waals surface area contributed by atoms with Gasteiger partial charge in [0.15, 0.2) is 0 Å². The van der Waals surface area contributed by atoms with Crippen LogP contribution in [0.2, 0.25) is 0 Å². The van der Waals surface area contributed by atoms with Gasteiger partial charge in [-0.1, -0.05) is 42.8 Å². The summed E-state index contributed by atoms with van der Waals surface area (Å²) in [7, 11) is 1.66. The first kappa shape index (κ1) is 24.9. The number of carbonyl (C=O) groups is 2. The predicted molar refractivity (Wildman–Crippen MR) is 141 cm³/mol. The number of ether oxygens (including phenoxy) is 2. The van der Waals surface area contributed by atoms with Gasteiger partial charge in [-0.2, -0.15) is 0 Å². The van der Waals surface area contributed by atoms with Crippen molar-refractivity contribution in [2.45, 2.75) is 44.1 Å². The van der Waals surface area contributed by atoms with Crippen LogP contribution < -0.4 is 14.8 Å². The van der Waals surface area contributed by atoms with Crippen LogP contribution in [0.5, 0.6) is 11.5 Å². The van der Waals surface area contributed by atoms with Gasteiger partial charge in [-0.15, -0.1) is 0 Å². The fraction of sp³-hybridized carbons (Fsp3) is 0.355. The molecule has 192 valence electrons. The zero-order chi connectivity index (χ0) is 25.8. The van der Waals surface area contributed by atoms with Gasteiger partial charge in [-0.25, -0.2) is 0 Å². The van der Waals surface area contributed by atoms with E-state index in [4.69, 9.17) is 14.6 Å². The molecule has 5 rings (SSSR count). The summed E-state index contributed by atoms with van der Waals surface area (Å²) in [6.07, 6.45) is 4.79. The molecule has 2 aliphatic rings. The predicted octanol–water partition coefficient (Wildman–Crippen LogP) is 5.58. The van der Waals surface area contributed by atoms with Gasteiger partial charge in [-0.05, 0) is 84.2 Å². The highest BCUT2D eigenvalue weighted by atomic mass is 16.5. The topological polar surface area (TPSA) is 84.9 Å². The number of carbonyl (C=O) groups excluding carboxylic acids is 1. The Morgan fingerprint density at radius 3 is 2.14 bits per heavy atom. The molecule has 0 radical (unpaired) electrons. The second kappa shape index (κ2) is 10.7. The fourth-order valence-corrected chi connectivity index (χ4v) is 6.24. The number of benzene rings is 3. The minimum atomic E-state index is -0.925. The van der Waals surface area contributed by atoms with Gasteiger partial charge in [0.2, 0.25) is 0 Å². The van der Waals surface area contributed by atoms with E-state index in [-0.39, 0.29) is 24.3 Å². The lowest BCUT2D eigenvalue weighted by molar-refractivity contribution is -0.136. The first-order valence-electron chi connectivity index (χ1n) is 12.9. The summed E-state index contributed by atoms with van der Waals surface area (Å²) in [6, 6.07) is 24.3. The van der Waals surface area contributed by atoms with Crippen LogP contribution in [0.25, 0.3) is 0 Å². The summed E-state index contributed by atoms with van der Waals surface area (Å²) >= 11 is 0. The van der Waals surface area contributed by atoms with E-state index in [1.165, 1.54) is 30.4 Å². The molecule has 3 aromatic carbocycles. The molecule has 2 fully saturated rings. The van der Waals surface area contributed by atoms with Crippen molar-refractivity contribution in [3.63, 3.8) is 0 Å². The number of methoxy groups -OCH3 is 1. The molecule has 3 atom stereocenters. The number of aliphatic carboxylic acids is 1. The van der Waals surface area contributed by atoms with E-state index in [1.807, 2.05) is 36.4 Å². The molecule has 0 aliphatic heterocycles. The number of nitrogens with one attached hydrogen (secondary N) is 1. The van der Waals surface area contributed by atoms with Crippen molar-refractivity contribution in [3.05, 3.63) is 95.1 Å². The first-order valence-corrected chi connectivity index (χ1v) is 12.9. The maximum absolute atomic E-state index is 12.4. The molecule has 2 saturated carbocycles. The van der Waals surface area contributed by atoms with Crippen LogP contribution in [0, 0.1) is 11.8 Å². The Morgan fingerprint density at radius 2 is 1.57 bits per heavy atom. The molecule has 1 amide bonds. The molecule has 2 N–H and O–H groups in total. The Balaban J connectivity index is 1.32. The fourth-order valence-electron chi connectivity index (χ4n) is 6.24. The van der Waals surface area contributed by atoms with E-state index in [2.05, 4.69) is 41.7 Å². The molecular formula is C31H33NO5. The third kappa shape index (κ3) is 5.19. The lowest BCUT2D eigenvalue weighted by Crippen LogP contribution is -2.34. The van der Waals surface area contributed by atoms with Crippen LogP contribution >= 0.6 is 0 Å². The van der Waals surface area contributed by atoms with Crippen molar-refractivity contribution in [2.24, 2.45) is 11.8 Å². The molecule has 0 spiro atoms. The van der Waals surface area contributed by atoms with Gasteiger partial charge in [0.25, 0.3) is 5.91 Å². The van der Waals surface area contributed by atoms with Crippen LogP contribution in [0.4, 0.5) is 0 Å². The van der Waals surface area contributed by atoms with Crippen molar-refractivity contribution in [2.75, 3.05) is 13.7 Å².